The summed E-state index contributed by atoms with van der Waals surface area (Å²) in [5, 5.41) is 0. The molecule has 4 aromatic heterocycles. The Hall–Kier alpha value is -3.40. The van der Waals surface area contributed by atoms with Crippen LogP contribution in [0.3, 0.4) is 0 Å². The number of pyridine rings is 4. The summed E-state index contributed by atoms with van der Waals surface area (Å²) in [6.45, 7) is 3.33. The molecule has 4 heteroatoms. The van der Waals surface area contributed by atoms with Crippen molar-refractivity contribution in [3.63, 3.8) is 0 Å². The van der Waals surface area contributed by atoms with E-state index in [0.717, 1.165) is 34.6 Å². The maximum Gasteiger partial charge on any atom is 0.169 e. The molecule has 4 heterocycles. The van der Waals surface area contributed by atoms with Gasteiger partial charge < -0.3 is 0 Å². The SMILES string of the molecule is CCCCCC[n+]1ccc(-c2ccc(-c3ccc(-c4cc[n+](C)cc4)cn3)nc2)cc1. The van der Waals surface area contributed by atoms with Crippen LogP contribution in [0.1, 0.15) is 32.6 Å². The molecular formula is C27H30N4+2. The van der Waals surface area contributed by atoms with Crippen molar-refractivity contribution in [1.82, 2.24) is 9.97 Å². The summed E-state index contributed by atoms with van der Waals surface area (Å²) < 4.78 is 4.29. The predicted molar refractivity (Wildman–Crippen MR) is 124 cm³/mol. The van der Waals surface area contributed by atoms with E-state index in [1.54, 1.807) is 0 Å². The van der Waals surface area contributed by atoms with Crippen LogP contribution in [0.2, 0.25) is 0 Å². The van der Waals surface area contributed by atoms with Crippen LogP contribution in [0.4, 0.5) is 0 Å². The molecule has 0 fully saturated rings. The molecule has 156 valence electrons. The highest BCUT2D eigenvalue weighted by molar-refractivity contribution is 5.67. The first-order chi connectivity index (χ1) is 15.2. The standard InChI is InChI=1S/C27H30N4/c1-3-4-5-6-15-31-18-13-23(14-19-31)25-8-10-27(29-21-25)26-9-7-24(20-28-26)22-11-16-30(2)17-12-22/h7-14,16-21H,3-6,15H2,1-2H3/q+2. The van der Waals surface area contributed by atoms with E-state index in [0.29, 0.717) is 0 Å². The number of aryl methyl sites for hydroxylation is 2. The van der Waals surface area contributed by atoms with Gasteiger partial charge in [0, 0.05) is 54.2 Å². The van der Waals surface area contributed by atoms with E-state index >= 15 is 0 Å². The fourth-order valence-corrected chi connectivity index (χ4v) is 3.65. The largest absolute Gasteiger partial charge is 0.254 e. The van der Waals surface area contributed by atoms with E-state index in [2.05, 4.69) is 70.3 Å². The number of hydrogen-bond acceptors (Lipinski definition) is 2. The van der Waals surface area contributed by atoms with Crippen LogP contribution in [0, 0.1) is 0 Å². The first kappa shape index (κ1) is 20.9. The Morgan fingerprint density at radius 1 is 0.613 bits per heavy atom. The maximum atomic E-state index is 4.66. The van der Waals surface area contributed by atoms with E-state index < -0.39 is 0 Å². The third-order valence-electron chi connectivity index (χ3n) is 5.60. The van der Waals surface area contributed by atoms with Gasteiger partial charge in [0.2, 0.25) is 0 Å². The van der Waals surface area contributed by atoms with Crippen LogP contribution in [0.25, 0.3) is 33.6 Å². The molecule has 0 aliphatic carbocycles. The molecule has 0 spiro atoms. The van der Waals surface area contributed by atoms with E-state index in [1.165, 1.54) is 31.2 Å². The van der Waals surface area contributed by atoms with Crippen molar-refractivity contribution in [2.24, 2.45) is 7.05 Å². The summed E-state index contributed by atoms with van der Waals surface area (Å²) in [5.74, 6) is 0. The number of rotatable bonds is 8. The van der Waals surface area contributed by atoms with E-state index in [4.69, 9.17) is 0 Å². The average Bonchev–Trinajstić information content (AvgIpc) is 2.83. The summed E-state index contributed by atoms with van der Waals surface area (Å²) in [5.41, 5.74) is 6.34. The molecule has 0 aliphatic rings. The average molecular weight is 411 g/mol. The molecule has 31 heavy (non-hydrogen) atoms. The molecule has 0 amide bonds. The summed E-state index contributed by atoms with van der Waals surface area (Å²) >= 11 is 0. The molecule has 0 saturated carbocycles. The highest BCUT2D eigenvalue weighted by Crippen LogP contribution is 2.23. The summed E-state index contributed by atoms with van der Waals surface area (Å²) in [6, 6.07) is 16.8. The quantitative estimate of drug-likeness (QED) is 0.297. The van der Waals surface area contributed by atoms with Gasteiger partial charge in [0.05, 0.1) is 11.4 Å². The lowest BCUT2D eigenvalue weighted by Crippen LogP contribution is -2.32. The van der Waals surface area contributed by atoms with Crippen molar-refractivity contribution in [3.8, 4) is 33.6 Å². The van der Waals surface area contributed by atoms with E-state index in [-0.39, 0.29) is 0 Å². The first-order valence-electron chi connectivity index (χ1n) is 11.1. The highest BCUT2D eigenvalue weighted by atomic mass is 14.9. The summed E-state index contributed by atoms with van der Waals surface area (Å²) in [6.07, 6.45) is 17.4. The molecule has 4 aromatic rings. The van der Waals surface area contributed by atoms with Gasteiger partial charge in [0.15, 0.2) is 24.8 Å². The van der Waals surface area contributed by atoms with Crippen LogP contribution in [0.5, 0.6) is 0 Å². The van der Waals surface area contributed by atoms with Crippen molar-refractivity contribution in [3.05, 3.63) is 85.7 Å². The molecule has 0 atom stereocenters. The Labute approximate surface area is 184 Å². The number of unbranched alkanes of at least 4 members (excludes halogenated alkanes) is 3. The van der Waals surface area contributed by atoms with Gasteiger partial charge in [-0.25, -0.2) is 9.13 Å². The Morgan fingerprint density at radius 3 is 1.65 bits per heavy atom. The van der Waals surface area contributed by atoms with Crippen LogP contribution < -0.4 is 9.13 Å². The lowest BCUT2D eigenvalue weighted by atomic mass is 10.1. The molecule has 0 N–H and O–H groups in total. The van der Waals surface area contributed by atoms with Gasteiger partial charge in [-0.15, -0.1) is 0 Å². The molecular weight excluding hydrogens is 380 g/mol. The summed E-state index contributed by atoms with van der Waals surface area (Å²) in [7, 11) is 2.02. The Kier molecular flexibility index (Phi) is 6.78. The Bertz CT molecular complexity index is 1080. The van der Waals surface area contributed by atoms with Crippen molar-refractivity contribution < 1.29 is 9.13 Å². The normalized spacial score (nSPS) is 10.9. The lowest BCUT2D eigenvalue weighted by Gasteiger charge is -2.05. The zero-order valence-electron chi connectivity index (χ0n) is 18.4. The maximum absolute atomic E-state index is 4.66. The Morgan fingerprint density at radius 2 is 1.16 bits per heavy atom. The predicted octanol–water partition coefficient (Wildman–Crippen LogP) is 5.17. The lowest BCUT2D eigenvalue weighted by molar-refractivity contribution is -0.697. The van der Waals surface area contributed by atoms with Gasteiger partial charge in [-0.2, -0.15) is 0 Å². The van der Waals surface area contributed by atoms with Crippen LogP contribution in [-0.2, 0) is 13.6 Å². The van der Waals surface area contributed by atoms with Gasteiger partial charge in [0.1, 0.15) is 13.6 Å². The van der Waals surface area contributed by atoms with Crippen LogP contribution >= 0.6 is 0 Å². The minimum Gasteiger partial charge on any atom is -0.254 e. The third kappa shape index (κ3) is 5.40. The fraction of sp³-hybridized carbons (Fsp3) is 0.259. The smallest absolute Gasteiger partial charge is 0.169 e. The minimum atomic E-state index is 0.884. The molecule has 0 radical (unpaired) electrons. The van der Waals surface area contributed by atoms with Crippen molar-refractivity contribution >= 4 is 0 Å². The molecule has 4 nitrogen and oxygen atoms in total. The first-order valence-corrected chi connectivity index (χ1v) is 11.1. The van der Waals surface area contributed by atoms with Crippen molar-refractivity contribution in [2.45, 2.75) is 39.2 Å². The topological polar surface area (TPSA) is 33.5 Å². The molecule has 0 unspecified atom stereocenters. The minimum absolute atomic E-state index is 0.884. The second kappa shape index (κ2) is 10.1. The second-order valence-corrected chi connectivity index (χ2v) is 8.00. The molecule has 4 rings (SSSR count). The van der Waals surface area contributed by atoms with E-state index in [9.17, 15) is 0 Å². The number of nitrogens with zero attached hydrogens (tertiary/aromatic N) is 4. The fourth-order valence-electron chi connectivity index (χ4n) is 3.65. The zero-order valence-corrected chi connectivity index (χ0v) is 18.4. The molecule has 0 saturated heterocycles. The molecule has 0 bridgehead atoms. The molecule has 0 aromatic carbocycles. The number of aromatic nitrogens is 4. The van der Waals surface area contributed by atoms with Crippen LogP contribution in [-0.4, -0.2) is 9.97 Å². The van der Waals surface area contributed by atoms with Crippen molar-refractivity contribution in [1.29, 1.82) is 0 Å². The Balaban J connectivity index is 1.42. The van der Waals surface area contributed by atoms with Gasteiger partial charge in [-0.3, -0.25) is 9.97 Å². The van der Waals surface area contributed by atoms with Crippen molar-refractivity contribution in [2.75, 3.05) is 0 Å². The van der Waals surface area contributed by atoms with E-state index in [1.807, 2.05) is 48.5 Å². The highest BCUT2D eigenvalue weighted by Gasteiger charge is 2.07. The number of hydrogen-bond donors (Lipinski definition) is 0. The zero-order chi connectivity index (χ0) is 21.5. The van der Waals surface area contributed by atoms with Gasteiger partial charge in [-0.1, -0.05) is 31.9 Å². The van der Waals surface area contributed by atoms with Gasteiger partial charge >= 0.3 is 0 Å². The third-order valence-corrected chi connectivity index (χ3v) is 5.60. The summed E-state index contributed by atoms with van der Waals surface area (Å²) in [4.78, 5) is 9.29. The monoisotopic (exact) mass is 410 g/mol. The van der Waals surface area contributed by atoms with Gasteiger partial charge in [-0.05, 0) is 29.7 Å². The second-order valence-electron chi connectivity index (χ2n) is 8.00. The molecule has 0 aliphatic heterocycles. The van der Waals surface area contributed by atoms with Crippen LogP contribution in [0.15, 0.2) is 85.7 Å². The van der Waals surface area contributed by atoms with Gasteiger partial charge in [0.25, 0.3) is 0 Å².